The minimum absolute atomic E-state index is 0.000417. The molecule has 0 heterocycles. The molecule has 0 aromatic rings. The van der Waals surface area contributed by atoms with Crippen LogP contribution in [-0.4, -0.2) is 61.2 Å². The van der Waals surface area contributed by atoms with Gasteiger partial charge in [-0.1, -0.05) is 18.2 Å². The minimum atomic E-state index is -0.846. The Hall–Kier alpha value is -0.580. The number of likely N-dealkylation sites (N-methyl/N-ethyl adjacent to an activating group) is 1. The summed E-state index contributed by atoms with van der Waals surface area (Å²) in [5, 5.41) is 9.10. The van der Waals surface area contributed by atoms with Crippen molar-refractivity contribution in [2.24, 2.45) is 0 Å². The maximum absolute atomic E-state index is 10.5. The molecule has 0 aliphatic carbocycles. The van der Waals surface area contributed by atoms with Crippen LogP contribution in [0.15, 0.2) is 11.6 Å². The third-order valence-electron chi connectivity index (χ3n) is 1.62. The molecule has 0 atom stereocenters. The molecule has 5 heteroatoms. The van der Waals surface area contributed by atoms with E-state index >= 15 is 0 Å². The average molecular weight is 221 g/mol. The summed E-state index contributed by atoms with van der Waals surface area (Å²) in [6.45, 7) is 5.44. The summed E-state index contributed by atoms with van der Waals surface area (Å²) in [5.41, 5.74) is 0. The Morgan fingerprint density at radius 3 is 2.29 bits per heavy atom. The van der Waals surface area contributed by atoms with Crippen molar-refractivity contribution >= 4 is 17.6 Å². The van der Waals surface area contributed by atoms with Gasteiger partial charge in [-0.2, -0.15) is 0 Å². The Labute approximate surface area is 89.7 Å². The number of nitrogens with zero attached hydrogens (tertiary/aromatic N) is 2. The number of carbonyl (C=O) groups is 1. The number of rotatable bonds is 7. The molecule has 0 rings (SSSR count). The van der Waals surface area contributed by atoms with Crippen molar-refractivity contribution in [3.05, 3.63) is 11.6 Å². The summed E-state index contributed by atoms with van der Waals surface area (Å²) in [5.74, 6) is -0.846. The van der Waals surface area contributed by atoms with Crippen LogP contribution in [0.3, 0.4) is 0 Å². The Morgan fingerprint density at radius 2 is 1.93 bits per heavy atom. The zero-order valence-electron chi connectivity index (χ0n) is 8.66. The van der Waals surface area contributed by atoms with Gasteiger partial charge in [0.2, 0.25) is 0 Å². The van der Waals surface area contributed by atoms with Crippen LogP contribution in [0.1, 0.15) is 0 Å². The van der Waals surface area contributed by atoms with Crippen molar-refractivity contribution in [1.82, 2.24) is 9.80 Å². The van der Waals surface area contributed by atoms with Gasteiger partial charge in [0.15, 0.2) is 0 Å². The zero-order chi connectivity index (χ0) is 11.1. The third-order valence-corrected chi connectivity index (χ3v) is 1.74. The van der Waals surface area contributed by atoms with Gasteiger partial charge in [0.25, 0.3) is 0 Å². The largest absolute Gasteiger partial charge is 0.480 e. The Bertz CT molecular complexity index is 191. The molecular formula is C9H17ClN2O2. The van der Waals surface area contributed by atoms with Gasteiger partial charge >= 0.3 is 5.97 Å². The number of carboxylic acid groups (broad SMARTS) is 1. The van der Waals surface area contributed by atoms with Crippen LogP contribution >= 0.6 is 11.6 Å². The first-order valence-electron chi connectivity index (χ1n) is 4.34. The maximum atomic E-state index is 10.5. The van der Waals surface area contributed by atoms with E-state index in [1.165, 1.54) is 0 Å². The van der Waals surface area contributed by atoms with Gasteiger partial charge < -0.3 is 10.0 Å². The van der Waals surface area contributed by atoms with E-state index in [1.54, 1.807) is 4.90 Å². The van der Waals surface area contributed by atoms with Crippen LogP contribution in [0.4, 0.5) is 0 Å². The van der Waals surface area contributed by atoms with E-state index in [0.29, 0.717) is 18.1 Å². The first-order valence-corrected chi connectivity index (χ1v) is 4.71. The fourth-order valence-electron chi connectivity index (χ4n) is 0.989. The SMILES string of the molecule is C=C(Cl)CN(CCN(C)C)CC(=O)O. The number of hydrogen-bond acceptors (Lipinski definition) is 3. The number of hydrogen-bond donors (Lipinski definition) is 1. The monoisotopic (exact) mass is 220 g/mol. The molecular weight excluding hydrogens is 204 g/mol. The van der Waals surface area contributed by atoms with E-state index in [0.717, 1.165) is 6.54 Å². The molecule has 0 saturated heterocycles. The van der Waals surface area contributed by atoms with Crippen LogP contribution in [0.5, 0.6) is 0 Å². The average Bonchev–Trinajstić information content (AvgIpc) is 1.97. The van der Waals surface area contributed by atoms with E-state index in [1.807, 2.05) is 19.0 Å². The fourth-order valence-corrected chi connectivity index (χ4v) is 1.16. The molecule has 0 aromatic heterocycles. The van der Waals surface area contributed by atoms with Gasteiger partial charge in [-0.3, -0.25) is 9.69 Å². The van der Waals surface area contributed by atoms with E-state index in [9.17, 15) is 4.79 Å². The molecule has 0 unspecified atom stereocenters. The predicted octanol–water partition coefficient (Wildman–Crippen LogP) is 0.687. The molecule has 0 spiro atoms. The van der Waals surface area contributed by atoms with Crippen molar-refractivity contribution in [1.29, 1.82) is 0 Å². The molecule has 14 heavy (non-hydrogen) atoms. The molecule has 82 valence electrons. The maximum Gasteiger partial charge on any atom is 0.317 e. The van der Waals surface area contributed by atoms with Gasteiger partial charge in [-0.05, 0) is 14.1 Å². The summed E-state index contributed by atoms with van der Waals surface area (Å²) < 4.78 is 0. The minimum Gasteiger partial charge on any atom is -0.480 e. The lowest BCUT2D eigenvalue weighted by Crippen LogP contribution is -2.36. The van der Waals surface area contributed by atoms with E-state index < -0.39 is 5.97 Å². The van der Waals surface area contributed by atoms with Crippen LogP contribution in [0, 0.1) is 0 Å². The summed E-state index contributed by atoms with van der Waals surface area (Å²) in [6.07, 6.45) is 0. The molecule has 0 radical (unpaired) electrons. The standard InChI is InChI=1S/C9H17ClN2O2/c1-8(10)6-12(7-9(13)14)5-4-11(2)3/h1,4-7H2,2-3H3,(H,13,14). The highest BCUT2D eigenvalue weighted by atomic mass is 35.5. The number of carboxylic acids is 1. The lowest BCUT2D eigenvalue weighted by atomic mass is 10.4. The van der Waals surface area contributed by atoms with E-state index in [-0.39, 0.29) is 6.54 Å². The molecule has 4 nitrogen and oxygen atoms in total. The second-order valence-corrected chi connectivity index (χ2v) is 3.96. The highest BCUT2D eigenvalue weighted by Gasteiger charge is 2.10. The van der Waals surface area contributed by atoms with Crippen molar-refractivity contribution in [3.8, 4) is 0 Å². The fraction of sp³-hybridized carbons (Fsp3) is 0.667. The van der Waals surface area contributed by atoms with Gasteiger partial charge in [0.1, 0.15) is 0 Å². The van der Waals surface area contributed by atoms with Crippen molar-refractivity contribution in [3.63, 3.8) is 0 Å². The first-order chi connectivity index (χ1) is 6.41. The second-order valence-electron chi connectivity index (χ2n) is 3.42. The molecule has 0 aromatic carbocycles. The summed E-state index contributed by atoms with van der Waals surface area (Å²) in [7, 11) is 3.88. The summed E-state index contributed by atoms with van der Waals surface area (Å²) in [4.78, 5) is 14.2. The molecule has 0 aliphatic rings. The Kier molecular flexibility index (Phi) is 6.53. The van der Waals surface area contributed by atoms with Crippen LogP contribution < -0.4 is 0 Å². The van der Waals surface area contributed by atoms with E-state index in [2.05, 4.69) is 6.58 Å². The molecule has 0 saturated carbocycles. The zero-order valence-corrected chi connectivity index (χ0v) is 9.42. The smallest absolute Gasteiger partial charge is 0.317 e. The highest BCUT2D eigenvalue weighted by Crippen LogP contribution is 2.01. The summed E-state index contributed by atoms with van der Waals surface area (Å²) in [6, 6.07) is 0. The van der Waals surface area contributed by atoms with Gasteiger partial charge in [-0.15, -0.1) is 0 Å². The normalized spacial score (nSPS) is 10.9. The number of halogens is 1. The van der Waals surface area contributed by atoms with Crippen molar-refractivity contribution < 1.29 is 9.90 Å². The van der Waals surface area contributed by atoms with Crippen molar-refractivity contribution in [2.45, 2.75) is 0 Å². The molecule has 0 bridgehead atoms. The van der Waals surface area contributed by atoms with Crippen LogP contribution in [0.2, 0.25) is 0 Å². The van der Waals surface area contributed by atoms with Gasteiger partial charge in [0, 0.05) is 24.7 Å². The first kappa shape index (κ1) is 13.4. The van der Waals surface area contributed by atoms with Crippen molar-refractivity contribution in [2.75, 3.05) is 40.3 Å². The van der Waals surface area contributed by atoms with Gasteiger partial charge in [0.05, 0.1) is 6.54 Å². The Morgan fingerprint density at radius 1 is 1.36 bits per heavy atom. The lowest BCUT2D eigenvalue weighted by Gasteiger charge is -2.21. The Balaban J connectivity index is 3.96. The molecule has 0 aliphatic heterocycles. The lowest BCUT2D eigenvalue weighted by molar-refractivity contribution is -0.138. The topological polar surface area (TPSA) is 43.8 Å². The molecule has 0 amide bonds. The predicted molar refractivity (Wildman–Crippen MR) is 57.6 cm³/mol. The van der Waals surface area contributed by atoms with Crippen LogP contribution in [-0.2, 0) is 4.79 Å². The molecule has 1 N–H and O–H groups in total. The molecule has 0 fully saturated rings. The second kappa shape index (κ2) is 6.81. The van der Waals surface area contributed by atoms with E-state index in [4.69, 9.17) is 16.7 Å². The number of aliphatic carboxylic acids is 1. The third kappa shape index (κ3) is 8.04. The van der Waals surface area contributed by atoms with Crippen LogP contribution in [0.25, 0.3) is 0 Å². The highest BCUT2D eigenvalue weighted by molar-refractivity contribution is 6.29. The summed E-state index contributed by atoms with van der Waals surface area (Å²) >= 11 is 5.63. The van der Waals surface area contributed by atoms with Gasteiger partial charge in [-0.25, -0.2) is 0 Å². The quantitative estimate of drug-likeness (QED) is 0.686.